The van der Waals surface area contributed by atoms with Crippen molar-refractivity contribution >= 4 is 34.9 Å². The number of carboxylic acid groups (broad SMARTS) is 2. The third-order valence-electron chi connectivity index (χ3n) is 5.72. The molecule has 1 heterocycles. The summed E-state index contributed by atoms with van der Waals surface area (Å²) in [5.41, 5.74) is -0.457. The van der Waals surface area contributed by atoms with Crippen LogP contribution >= 0.6 is 0 Å². The van der Waals surface area contributed by atoms with Crippen LogP contribution in [0.5, 0.6) is 28.7 Å². The van der Waals surface area contributed by atoms with Crippen LogP contribution in [-0.4, -0.2) is 70.7 Å². The lowest BCUT2D eigenvalue weighted by atomic mass is 10.1. The van der Waals surface area contributed by atoms with Crippen molar-refractivity contribution in [1.29, 1.82) is 0 Å². The number of hydrogen-bond acceptors (Lipinski definition) is 11. The second-order valence-corrected chi connectivity index (χ2v) is 8.61. The van der Waals surface area contributed by atoms with E-state index in [1.807, 2.05) is 0 Å². The van der Waals surface area contributed by atoms with E-state index < -0.39 is 53.6 Å². The molecule has 41 heavy (non-hydrogen) atoms. The van der Waals surface area contributed by atoms with Crippen LogP contribution in [0.2, 0.25) is 0 Å². The first-order chi connectivity index (χ1) is 19.3. The number of aliphatic carboxylic acids is 2. The maximum Gasteiger partial charge on any atom is 0.413 e. The fraction of sp³-hybridized carbons (Fsp3) is 0.269. The summed E-state index contributed by atoms with van der Waals surface area (Å²) in [6, 6.07) is 3.18. The number of ether oxygens (including phenoxy) is 3. The van der Waals surface area contributed by atoms with E-state index in [4.69, 9.17) is 23.7 Å². The quantitative estimate of drug-likeness (QED) is 0.192. The summed E-state index contributed by atoms with van der Waals surface area (Å²) in [4.78, 5) is 59.6. The van der Waals surface area contributed by atoms with E-state index in [1.165, 1.54) is 33.3 Å². The van der Waals surface area contributed by atoms with Gasteiger partial charge in [-0.3, -0.25) is 14.4 Å². The van der Waals surface area contributed by atoms with Gasteiger partial charge in [-0.1, -0.05) is 0 Å². The molecule has 218 valence electrons. The Morgan fingerprint density at radius 3 is 2.15 bits per heavy atom. The normalized spacial score (nSPS) is 12.2. The van der Waals surface area contributed by atoms with Gasteiger partial charge in [-0.15, -0.1) is 0 Å². The SMILES string of the molecule is COc1cc(-c2cc(=O)c3c(O)cc(O)cc3o2)cc(OC)c1OC(=O)N[C@@H](C)C(=O)N[C@@H](CCC(=O)O)C(=O)O. The summed E-state index contributed by atoms with van der Waals surface area (Å²) in [6.45, 7) is 1.25. The Kier molecular flexibility index (Phi) is 9.24. The van der Waals surface area contributed by atoms with Crippen molar-refractivity contribution in [3.05, 3.63) is 40.6 Å². The number of amides is 2. The highest BCUT2D eigenvalue weighted by Crippen LogP contribution is 2.42. The zero-order valence-electron chi connectivity index (χ0n) is 21.9. The van der Waals surface area contributed by atoms with Gasteiger partial charge in [0, 0.05) is 30.2 Å². The first kappa shape index (κ1) is 30.1. The number of aromatic hydroxyl groups is 2. The molecule has 1 aromatic heterocycles. The Labute approximate surface area is 230 Å². The van der Waals surface area contributed by atoms with E-state index in [2.05, 4.69) is 10.6 Å². The zero-order chi connectivity index (χ0) is 30.4. The Morgan fingerprint density at radius 2 is 1.59 bits per heavy atom. The zero-order valence-corrected chi connectivity index (χ0v) is 21.9. The smallest absolute Gasteiger partial charge is 0.413 e. The summed E-state index contributed by atoms with van der Waals surface area (Å²) < 4.78 is 21.6. The second-order valence-electron chi connectivity index (χ2n) is 8.61. The fourth-order valence-corrected chi connectivity index (χ4v) is 3.71. The molecule has 0 aliphatic heterocycles. The lowest BCUT2D eigenvalue weighted by molar-refractivity contribution is -0.143. The van der Waals surface area contributed by atoms with Gasteiger partial charge < -0.3 is 49.7 Å². The summed E-state index contributed by atoms with van der Waals surface area (Å²) in [6.07, 6.45) is -2.00. The first-order valence-corrected chi connectivity index (χ1v) is 11.8. The molecule has 0 radical (unpaired) electrons. The minimum atomic E-state index is -1.49. The molecule has 0 spiro atoms. The summed E-state index contributed by atoms with van der Waals surface area (Å²) >= 11 is 0. The molecule has 0 saturated heterocycles. The van der Waals surface area contributed by atoms with E-state index >= 15 is 0 Å². The number of benzene rings is 2. The molecule has 0 aliphatic rings. The summed E-state index contributed by atoms with van der Waals surface area (Å²) in [5.74, 6) is -4.70. The van der Waals surface area contributed by atoms with Gasteiger partial charge in [0.2, 0.25) is 11.7 Å². The maximum atomic E-state index is 12.6. The molecule has 0 fully saturated rings. The maximum absolute atomic E-state index is 12.6. The summed E-state index contributed by atoms with van der Waals surface area (Å²) in [5, 5.41) is 42.0. The molecule has 2 atom stereocenters. The molecule has 0 saturated carbocycles. The molecule has 0 bridgehead atoms. The fourth-order valence-electron chi connectivity index (χ4n) is 3.71. The third-order valence-corrected chi connectivity index (χ3v) is 5.72. The van der Waals surface area contributed by atoms with E-state index in [9.17, 15) is 39.3 Å². The number of phenolic OH excluding ortho intramolecular Hbond substituents is 2. The number of carbonyl (C=O) groups is 4. The van der Waals surface area contributed by atoms with Crippen LogP contribution in [0.25, 0.3) is 22.3 Å². The first-order valence-electron chi connectivity index (χ1n) is 11.8. The van der Waals surface area contributed by atoms with Gasteiger partial charge in [0.1, 0.15) is 40.3 Å². The average Bonchev–Trinajstić information content (AvgIpc) is 2.89. The lowest BCUT2D eigenvalue weighted by Gasteiger charge is -2.19. The van der Waals surface area contributed by atoms with Crippen LogP contribution in [0.1, 0.15) is 19.8 Å². The van der Waals surface area contributed by atoms with Gasteiger partial charge in [-0.05, 0) is 25.5 Å². The predicted molar refractivity (Wildman–Crippen MR) is 139 cm³/mol. The van der Waals surface area contributed by atoms with Gasteiger partial charge >= 0.3 is 18.0 Å². The third kappa shape index (κ3) is 7.14. The number of carbonyl (C=O) groups excluding carboxylic acids is 2. The minimum absolute atomic E-state index is 0.00118. The van der Waals surface area contributed by atoms with Crippen LogP contribution < -0.4 is 30.3 Å². The van der Waals surface area contributed by atoms with Crippen LogP contribution in [0.3, 0.4) is 0 Å². The molecule has 2 amide bonds. The van der Waals surface area contributed by atoms with Crippen molar-refractivity contribution < 1.29 is 58.2 Å². The van der Waals surface area contributed by atoms with Crippen molar-refractivity contribution in [3.63, 3.8) is 0 Å². The number of nitrogens with one attached hydrogen (secondary N) is 2. The molecule has 2 aromatic carbocycles. The molecule has 3 rings (SSSR count). The van der Waals surface area contributed by atoms with Gasteiger partial charge in [0.15, 0.2) is 16.9 Å². The Bertz CT molecular complexity index is 1540. The highest BCUT2D eigenvalue weighted by Gasteiger charge is 2.26. The van der Waals surface area contributed by atoms with Crippen LogP contribution in [0, 0.1) is 0 Å². The number of rotatable bonds is 11. The highest BCUT2D eigenvalue weighted by molar-refractivity contribution is 5.90. The van der Waals surface area contributed by atoms with Crippen LogP contribution in [0.15, 0.2) is 39.5 Å². The van der Waals surface area contributed by atoms with Gasteiger partial charge in [0.05, 0.1) is 14.2 Å². The van der Waals surface area contributed by atoms with Crippen molar-refractivity contribution in [2.24, 2.45) is 0 Å². The molecule has 6 N–H and O–H groups in total. The van der Waals surface area contributed by atoms with Crippen molar-refractivity contribution in [2.45, 2.75) is 31.8 Å². The lowest BCUT2D eigenvalue weighted by Crippen LogP contribution is -2.50. The minimum Gasteiger partial charge on any atom is -0.508 e. The Balaban J connectivity index is 1.83. The second kappa shape index (κ2) is 12.6. The van der Waals surface area contributed by atoms with Crippen molar-refractivity contribution in [3.8, 4) is 40.1 Å². The van der Waals surface area contributed by atoms with Gasteiger partial charge in [-0.2, -0.15) is 0 Å². The summed E-state index contributed by atoms with van der Waals surface area (Å²) in [7, 11) is 2.52. The molecular weight excluding hydrogens is 548 g/mol. The van der Waals surface area contributed by atoms with Crippen molar-refractivity contribution in [1.82, 2.24) is 10.6 Å². The van der Waals surface area contributed by atoms with Crippen LogP contribution in [0.4, 0.5) is 4.79 Å². The van der Waals surface area contributed by atoms with Crippen molar-refractivity contribution in [2.75, 3.05) is 14.2 Å². The topological polar surface area (TPSA) is 231 Å². The molecular formula is C26H26N2O13. The number of methoxy groups -OCH3 is 2. The number of carboxylic acids is 2. The Morgan fingerprint density at radius 1 is 0.951 bits per heavy atom. The number of hydrogen-bond donors (Lipinski definition) is 6. The van der Waals surface area contributed by atoms with Gasteiger partial charge in [-0.25, -0.2) is 9.59 Å². The Hall–Kier alpha value is -5.47. The number of fused-ring (bicyclic) bond motifs is 1. The molecule has 0 aliphatic carbocycles. The molecule has 0 unspecified atom stereocenters. The van der Waals surface area contributed by atoms with E-state index in [0.29, 0.717) is 0 Å². The molecule has 15 nitrogen and oxygen atoms in total. The van der Waals surface area contributed by atoms with Crippen LogP contribution in [-0.2, 0) is 14.4 Å². The predicted octanol–water partition coefficient (Wildman–Crippen LogP) is 1.80. The van der Waals surface area contributed by atoms with E-state index in [0.717, 1.165) is 18.2 Å². The van der Waals surface area contributed by atoms with E-state index in [-0.39, 0.29) is 51.7 Å². The number of phenols is 2. The average molecular weight is 574 g/mol. The standard InChI is InChI=1S/C26H26N2O13/c1-11(24(34)28-14(25(35)36)4-5-21(32)33)27-26(37)41-23-19(38-2)6-12(7-20(23)39-3)17-10-16(31)22-15(30)8-13(29)9-18(22)40-17/h6-11,14,29-30H,4-5H2,1-3H3,(H,27,37)(H,28,34)(H,32,33)(H,35,36)/t11-,14-/m0/s1. The monoisotopic (exact) mass is 574 g/mol. The molecule has 15 heteroatoms. The highest BCUT2D eigenvalue weighted by atomic mass is 16.6. The molecule has 3 aromatic rings. The van der Waals surface area contributed by atoms with Gasteiger partial charge in [0.25, 0.3) is 0 Å². The largest absolute Gasteiger partial charge is 0.508 e. The van der Waals surface area contributed by atoms with E-state index in [1.54, 1.807) is 0 Å².